The summed E-state index contributed by atoms with van der Waals surface area (Å²) in [6, 6.07) is 10.1. The number of nitrogens with one attached hydrogen (secondary N) is 1. The van der Waals surface area contributed by atoms with E-state index in [4.69, 9.17) is 10.5 Å². The molecular formula is C16H22N4O. The van der Waals surface area contributed by atoms with Crippen LogP contribution in [0.25, 0.3) is 0 Å². The van der Waals surface area contributed by atoms with Crippen LogP contribution < -0.4 is 15.8 Å². The van der Waals surface area contributed by atoms with Gasteiger partial charge in [-0.05, 0) is 26.3 Å². The zero-order chi connectivity index (χ0) is 15.3. The fourth-order valence-electron chi connectivity index (χ4n) is 2.15. The average molecular weight is 286 g/mol. The van der Waals surface area contributed by atoms with E-state index in [-0.39, 0.29) is 0 Å². The molecule has 0 fully saturated rings. The molecule has 0 aliphatic carbocycles. The molecule has 1 unspecified atom stereocenters. The van der Waals surface area contributed by atoms with Crippen LogP contribution in [0.2, 0.25) is 0 Å². The number of hydrogen-bond acceptors (Lipinski definition) is 5. The highest BCUT2D eigenvalue weighted by molar-refractivity contribution is 5.51. The molecule has 1 aromatic heterocycles. The number of anilines is 1. The van der Waals surface area contributed by atoms with Gasteiger partial charge in [0.2, 0.25) is 5.88 Å². The number of nitrogens with two attached hydrogens (primary N) is 1. The molecule has 1 aromatic carbocycles. The molecule has 1 atom stereocenters. The van der Waals surface area contributed by atoms with Gasteiger partial charge in [0.1, 0.15) is 12.1 Å². The molecule has 5 heteroatoms. The van der Waals surface area contributed by atoms with Gasteiger partial charge < -0.3 is 15.8 Å². The van der Waals surface area contributed by atoms with Crippen molar-refractivity contribution in [1.29, 1.82) is 0 Å². The predicted octanol–water partition coefficient (Wildman–Crippen LogP) is 2.47. The van der Waals surface area contributed by atoms with Crippen LogP contribution in [-0.4, -0.2) is 23.1 Å². The molecule has 112 valence electrons. The fourth-order valence-corrected chi connectivity index (χ4v) is 2.15. The molecule has 2 rings (SSSR count). The Labute approximate surface area is 125 Å². The van der Waals surface area contributed by atoms with E-state index < -0.39 is 5.54 Å². The summed E-state index contributed by atoms with van der Waals surface area (Å²) in [5.41, 5.74) is 7.60. The summed E-state index contributed by atoms with van der Waals surface area (Å²) < 4.78 is 5.51. The van der Waals surface area contributed by atoms with Crippen molar-refractivity contribution in [2.24, 2.45) is 5.73 Å². The quantitative estimate of drug-likeness (QED) is 0.853. The molecule has 3 N–H and O–H groups in total. The molecule has 0 amide bonds. The molecule has 0 bridgehead atoms. The van der Waals surface area contributed by atoms with E-state index in [9.17, 15) is 0 Å². The number of rotatable bonds is 6. The molecule has 2 aromatic rings. The summed E-state index contributed by atoms with van der Waals surface area (Å²) in [4.78, 5) is 8.47. The van der Waals surface area contributed by atoms with E-state index in [2.05, 4.69) is 34.3 Å². The lowest BCUT2D eigenvalue weighted by atomic mass is 9.92. The number of nitrogens with zero attached hydrogens (tertiary/aromatic N) is 2. The SMILES string of the molecule is CCOc1ncnc(NC(C)(CN)c2ccccc2)c1C. The Balaban J connectivity index is 2.33. The van der Waals surface area contributed by atoms with Crippen molar-refractivity contribution in [2.45, 2.75) is 26.3 Å². The van der Waals surface area contributed by atoms with Crippen molar-refractivity contribution in [1.82, 2.24) is 9.97 Å². The number of aromatic nitrogens is 2. The second-order valence-electron chi connectivity index (χ2n) is 5.11. The Morgan fingerprint density at radius 1 is 1.24 bits per heavy atom. The maximum atomic E-state index is 6.00. The highest BCUT2D eigenvalue weighted by Gasteiger charge is 2.26. The second kappa shape index (κ2) is 6.54. The van der Waals surface area contributed by atoms with Crippen molar-refractivity contribution in [3.05, 3.63) is 47.8 Å². The maximum absolute atomic E-state index is 6.00. The fraction of sp³-hybridized carbons (Fsp3) is 0.375. The van der Waals surface area contributed by atoms with Crippen molar-refractivity contribution < 1.29 is 4.74 Å². The van der Waals surface area contributed by atoms with Crippen LogP contribution in [0.4, 0.5) is 5.82 Å². The van der Waals surface area contributed by atoms with Crippen molar-refractivity contribution in [3.63, 3.8) is 0 Å². The Morgan fingerprint density at radius 3 is 2.57 bits per heavy atom. The summed E-state index contributed by atoms with van der Waals surface area (Å²) in [6.07, 6.45) is 1.50. The average Bonchev–Trinajstić information content (AvgIpc) is 2.52. The van der Waals surface area contributed by atoms with Crippen LogP contribution in [-0.2, 0) is 5.54 Å². The van der Waals surface area contributed by atoms with Gasteiger partial charge >= 0.3 is 0 Å². The van der Waals surface area contributed by atoms with Crippen molar-refractivity contribution in [3.8, 4) is 5.88 Å². The van der Waals surface area contributed by atoms with Crippen molar-refractivity contribution >= 4 is 5.82 Å². The number of benzene rings is 1. The van der Waals surface area contributed by atoms with Crippen LogP contribution in [0, 0.1) is 6.92 Å². The van der Waals surface area contributed by atoms with Gasteiger partial charge in [-0.3, -0.25) is 0 Å². The summed E-state index contributed by atoms with van der Waals surface area (Å²) >= 11 is 0. The minimum absolute atomic E-state index is 0.399. The lowest BCUT2D eigenvalue weighted by Gasteiger charge is -2.31. The van der Waals surface area contributed by atoms with Gasteiger partial charge in [-0.2, -0.15) is 0 Å². The first-order valence-electron chi connectivity index (χ1n) is 7.09. The third kappa shape index (κ3) is 3.31. The zero-order valence-corrected chi connectivity index (χ0v) is 12.8. The number of ether oxygens (including phenoxy) is 1. The lowest BCUT2D eigenvalue weighted by Crippen LogP contribution is -2.40. The van der Waals surface area contributed by atoms with E-state index in [1.165, 1.54) is 6.33 Å². The van der Waals surface area contributed by atoms with E-state index in [0.717, 1.165) is 16.9 Å². The van der Waals surface area contributed by atoms with E-state index >= 15 is 0 Å². The normalized spacial score (nSPS) is 13.5. The molecular weight excluding hydrogens is 264 g/mol. The maximum Gasteiger partial charge on any atom is 0.221 e. The highest BCUT2D eigenvalue weighted by Crippen LogP contribution is 2.28. The van der Waals surface area contributed by atoms with E-state index in [1.807, 2.05) is 32.0 Å². The van der Waals surface area contributed by atoms with Crippen LogP contribution >= 0.6 is 0 Å². The first-order valence-corrected chi connectivity index (χ1v) is 7.09. The van der Waals surface area contributed by atoms with Gasteiger partial charge in [0, 0.05) is 6.54 Å². The van der Waals surface area contributed by atoms with Gasteiger partial charge in [-0.1, -0.05) is 30.3 Å². The Morgan fingerprint density at radius 2 is 1.95 bits per heavy atom. The largest absolute Gasteiger partial charge is 0.478 e. The second-order valence-corrected chi connectivity index (χ2v) is 5.11. The van der Waals surface area contributed by atoms with Crippen LogP contribution in [0.15, 0.2) is 36.7 Å². The Kier molecular flexibility index (Phi) is 4.75. The molecule has 0 radical (unpaired) electrons. The Bertz CT molecular complexity index is 588. The van der Waals surface area contributed by atoms with Gasteiger partial charge in [0.15, 0.2) is 0 Å². The van der Waals surface area contributed by atoms with Gasteiger partial charge in [-0.15, -0.1) is 0 Å². The first-order chi connectivity index (χ1) is 10.1. The van der Waals surface area contributed by atoms with E-state index in [1.54, 1.807) is 0 Å². The summed E-state index contributed by atoms with van der Waals surface area (Å²) in [5.74, 6) is 1.34. The zero-order valence-electron chi connectivity index (χ0n) is 12.8. The van der Waals surface area contributed by atoms with Crippen molar-refractivity contribution in [2.75, 3.05) is 18.5 Å². The molecule has 1 heterocycles. The summed E-state index contributed by atoms with van der Waals surface area (Å²) in [6.45, 7) is 6.96. The van der Waals surface area contributed by atoms with E-state index in [0.29, 0.717) is 19.0 Å². The van der Waals surface area contributed by atoms with Crippen LogP contribution in [0.1, 0.15) is 25.0 Å². The Hall–Kier alpha value is -2.14. The third-order valence-corrected chi connectivity index (χ3v) is 3.53. The lowest BCUT2D eigenvalue weighted by molar-refractivity contribution is 0.323. The van der Waals surface area contributed by atoms with Gasteiger partial charge in [0.05, 0.1) is 17.7 Å². The molecule has 0 spiro atoms. The minimum atomic E-state index is -0.399. The molecule has 5 nitrogen and oxygen atoms in total. The monoisotopic (exact) mass is 286 g/mol. The molecule has 0 saturated carbocycles. The minimum Gasteiger partial charge on any atom is -0.478 e. The topological polar surface area (TPSA) is 73.1 Å². The third-order valence-electron chi connectivity index (χ3n) is 3.53. The number of hydrogen-bond donors (Lipinski definition) is 2. The molecule has 0 aliphatic rings. The summed E-state index contributed by atoms with van der Waals surface area (Å²) in [7, 11) is 0. The molecule has 0 aliphatic heterocycles. The summed E-state index contributed by atoms with van der Waals surface area (Å²) in [5, 5.41) is 3.43. The first kappa shape index (κ1) is 15.3. The van der Waals surface area contributed by atoms with Gasteiger partial charge in [-0.25, -0.2) is 9.97 Å². The van der Waals surface area contributed by atoms with Crippen LogP contribution in [0.3, 0.4) is 0 Å². The molecule has 0 saturated heterocycles. The molecule has 21 heavy (non-hydrogen) atoms. The predicted molar refractivity (Wildman–Crippen MR) is 84.4 cm³/mol. The smallest absolute Gasteiger partial charge is 0.221 e. The standard InChI is InChI=1S/C16H22N4O/c1-4-21-15-12(2)14(18-11-19-15)20-16(3,10-17)13-8-6-5-7-9-13/h5-9,11H,4,10,17H2,1-3H3,(H,18,19,20). The van der Waals surface area contributed by atoms with Crippen LogP contribution in [0.5, 0.6) is 5.88 Å². The van der Waals surface area contributed by atoms with Gasteiger partial charge in [0.25, 0.3) is 0 Å². The highest BCUT2D eigenvalue weighted by atomic mass is 16.5.